The van der Waals surface area contributed by atoms with E-state index in [4.69, 9.17) is 0 Å². The van der Waals surface area contributed by atoms with Gasteiger partial charge in [-0.3, -0.25) is 4.79 Å². The molecule has 4 heteroatoms. The van der Waals surface area contributed by atoms with E-state index >= 15 is 0 Å². The average Bonchev–Trinajstić information content (AvgIpc) is 2.59. The van der Waals surface area contributed by atoms with Crippen LogP contribution in [0.25, 0.3) is 0 Å². The highest BCUT2D eigenvalue weighted by Crippen LogP contribution is 2.33. The second-order valence-electron chi connectivity index (χ2n) is 3.76. The average molecular weight is 253 g/mol. The summed E-state index contributed by atoms with van der Waals surface area (Å²) < 4.78 is 0. The van der Waals surface area contributed by atoms with E-state index in [9.17, 15) is 4.79 Å². The molecule has 2 nitrogen and oxygen atoms in total. The van der Waals surface area contributed by atoms with E-state index in [2.05, 4.69) is 25.6 Å². The molecular weight excluding hydrogens is 238 g/mol. The molecule has 0 bridgehead atoms. The van der Waals surface area contributed by atoms with Crippen LogP contribution in [0.4, 0.5) is 5.69 Å². The minimum atomic E-state index is 0.173. The number of carbonyl (C=O) groups excluding carboxylic acids is 1. The van der Waals surface area contributed by atoms with Crippen molar-refractivity contribution in [2.75, 3.05) is 17.2 Å². The molecule has 0 N–H and O–H groups in total. The topological polar surface area (TPSA) is 20.3 Å². The van der Waals surface area contributed by atoms with Crippen molar-refractivity contribution in [1.29, 1.82) is 0 Å². The molecule has 0 aromatic heterocycles. The number of hydrogen-bond donors (Lipinski definition) is 1. The molecule has 2 rings (SSSR count). The van der Waals surface area contributed by atoms with Gasteiger partial charge in [0, 0.05) is 23.1 Å². The van der Waals surface area contributed by atoms with Gasteiger partial charge in [-0.05, 0) is 17.9 Å². The molecule has 1 aromatic carbocycles. The summed E-state index contributed by atoms with van der Waals surface area (Å²) in [7, 11) is 0. The summed E-state index contributed by atoms with van der Waals surface area (Å²) in [5, 5.41) is 0.173. The lowest BCUT2D eigenvalue weighted by Crippen LogP contribution is -2.25. The summed E-state index contributed by atoms with van der Waals surface area (Å²) in [6.45, 7) is 2.85. The number of para-hydroxylation sites is 1. The van der Waals surface area contributed by atoms with E-state index in [0.717, 1.165) is 18.0 Å². The van der Waals surface area contributed by atoms with Crippen molar-refractivity contribution in [2.24, 2.45) is 0 Å². The van der Waals surface area contributed by atoms with Gasteiger partial charge in [0.2, 0.25) is 5.91 Å². The largest absolute Gasteiger partial charge is 0.310 e. The molecule has 1 aliphatic heterocycles. The predicted molar refractivity (Wildman–Crippen MR) is 72.6 cm³/mol. The molecule has 0 saturated carbocycles. The van der Waals surface area contributed by atoms with Gasteiger partial charge in [-0.1, -0.05) is 19.1 Å². The predicted octanol–water partition coefficient (Wildman–Crippen LogP) is 2.83. The van der Waals surface area contributed by atoms with Gasteiger partial charge in [-0.25, -0.2) is 0 Å². The van der Waals surface area contributed by atoms with Gasteiger partial charge in [0.25, 0.3) is 0 Å². The van der Waals surface area contributed by atoms with Gasteiger partial charge >= 0.3 is 0 Å². The number of benzene rings is 1. The summed E-state index contributed by atoms with van der Waals surface area (Å²) in [5.74, 6) is 1.20. The molecule has 0 radical (unpaired) electrons. The van der Waals surface area contributed by atoms with E-state index < -0.39 is 0 Å². The lowest BCUT2D eigenvalue weighted by Gasteiger charge is -2.19. The molecule has 1 fully saturated rings. The Labute approximate surface area is 106 Å². The Balaban J connectivity index is 2.29. The van der Waals surface area contributed by atoms with Gasteiger partial charge in [0.05, 0.1) is 5.69 Å². The molecule has 1 atom stereocenters. The number of nitrogens with zero attached hydrogens (tertiary/aromatic N) is 1. The zero-order valence-corrected chi connectivity index (χ0v) is 10.9. The molecule has 1 amide bonds. The first-order valence-corrected chi connectivity index (χ1v) is 6.93. The fraction of sp³-hybridized carbons (Fsp3) is 0.417. The Morgan fingerprint density at radius 1 is 1.50 bits per heavy atom. The van der Waals surface area contributed by atoms with E-state index in [1.165, 1.54) is 4.90 Å². The minimum absolute atomic E-state index is 0.173. The van der Waals surface area contributed by atoms with Crippen LogP contribution in [-0.4, -0.2) is 23.5 Å². The van der Waals surface area contributed by atoms with Crippen LogP contribution in [0.5, 0.6) is 0 Å². The maximum Gasteiger partial charge on any atom is 0.228 e. The van der Waals surface area contributed by atoms with E-state index in [1.807, 2.05) is 23.1 Å². The van der Waals surface area contributed by atoms with Crippen molar-refractivity contribution in [3.05, 3.63) is 24.3 Å². The standard InChI is InChI=1S/C12H15NOS2/c1-2-16-11-6-4-3-5-10(11)13-8-9(15)7-12(13)14/h3-6,9,15H,2,7-8H2,1H3. The molecule has 1 unspecified atom stereocenters. The maximum atomic E-state index is 11.8. The van der Waals surface area contributed by atoms with Crippen molar-refractivity contribution in [2.45, 2.75) is 23.5 Å². The quantitative estimate of drug-likeness (QED) is 0.660. The fourth-order valence-electron chi connectivity index (χ4n) is 1.88. The summed E-state index contributed by atoms with van der Waals surface area (Å²) in [6, 6.07) is 8.08. The van der Waals surface area contributed by atoms with Crippen LogP contribution in [0, 0.1) is 0 Å². The van der Waals surface area contributed by atoms with E-state index in [-0.39, 0.29) is 11.2 Å². The number of thioether (sulfide) groups is 1. The van der Waals surface area contributed by atoms with Crippen molar-refractivity contribution >= 4 is 36.0 Å². The molecule has 1 aliphatic rings. The number of amides is 1. The molecule has 16 heavy (non-hydrogen) atoms. The molecule has 0 aliphatic carbocycles. The number of carbonyl (C=O) groups is 1. The maximum absolute atomic E-state index is 11.8. The van der Waals surface area contributed by atoms with Crippen LogP contribution in [0.1, 0.15) is 13.3 Å². The smallest absolute Gasteiger partial charge is 0.228 e. The molecule has 1 saturated heterocycles. The first kappa shape index (κ1) is 11.9. The van der Waals surface area contributed by atoms with Gasteiger partial charge < -0.3 is 4.90 Å². The number of anilines is 1. The van der Waals surface area contributed by atoms with Crippen LogP contribution in [-0.2, 0) is 4.79 Å². The second kappa shape index (κ2) is 5.15. The van der Waals surface area contributed by atoms with Crippen LogP contribution in [0.2, 0.25) is 0 Å². The first-order valence-electron chi connectivity index (χ1n) is 5.42. The highest BCUT2D eigenvalue weighted by atomic mass is 32.2. The van der Waals surface area contributed by atoms with Crippen molar-refractivity contribution in [3.63, 3.8) is 0 Å². The Bertz CT molecular complexity index is 394. The number of hydrogen-bond acceptors (Lipinski definition) is 3. The Hall–Kier alpha value is -0.610. The summed E-state index contributed by atoms with van der Waals surface area (Å²) >= 11 is 6.15. The highest BCUT2D eigenvalue weighted by Gasteiger charge is 2.29. The second-order valence-corrected chi connectivity index (χ2v) is 5.80. The molecule has 0 spiro atoms. The Morgan fingerprint density at radius 3 is 2.88 bits per heavy atom. The minimum Gasteiger partial charge on any atom is -0.310 e. The van der Waals surface area contributed by atoms with E-state index in [1.54, 1.807) is 11.8 Å². The van der Waals surface area contributed by atoms with Gasteiger partial charge in [0.1, 0.15) is 0 Å². The summed E-state index contributed by atoms with van der Waals surface area (Å²) in [6.07, 6.45) is 0.550. The third-order valence-corrected chi connectivity index (χ3v) is 3.85. The van der Waals surface area contributed by atoms with Crippen molar-refractivity contribution in [3.8, 4) is 0 Å². The van der Waals surface area contributed by atoms with Crippen molar-refractivity contribution in [1.82, 2.24) is 0 Å². The lowest BCUT2D eigenvalue weighted by molar-refractivity contribution is -0.117. The molecule has 1 aromatic rings. The first-order chi connectivity index (χ1) is 7.72. The molecular formula is C12H15NOS2. The van der Waals surface area contributed by atoms with Crippen LogP contribution in [0.3, 0.4) is 0 Å². The van der Waals surface area contributed by atoms with E-state index in [0.29, 0.717) is 6.42 Å². The van der Waals surface area contributed by atoms with Gasteiger partial charge in [-0.15, -0.1) is 11.8 Å². The monoisotopic (exact) mass is 253 g/mol. The zero-order valence-electron chi connectivity index (χ0n) is 9.22. The van der Waals surface area contributed by atoms with Crippen LogP contribution >= 0.6 is 24.4 Å². The lowest BCUT2D eigenvalue weighted by atomic mass is 10.3. The van der Waals surface area contributed by atoms with Crippen molar-refractivity contribution < 1.29 is 4.79 Å². The third-order valence-electron chi connectivity index (χ3n) is 2.56. The Morgan fingerprint density at radius 2 is 2.25 bits per heavy atom. The van der Waals surface area contributed by atoms with Gasteiger partial charge in [0.15, 0.2) is 0 Å². The molecule has 1 heterocycles. The van der Waals surface area contributed by atoms with Gasteiger partial charge in [-0.2, -0.15) is 12.6 Å². The van der Waals surface area contributed by atoms with Crippen LogP contribution < -0.4 is 4.90 Å². The third kappa shape index (κ3) is 2.38. The van der Waals surface area contributed by atoms with Crippen LogP contribution in [0.15, 0.2) is 29.2 Å². The zero-order chi connectivity index (χ0) is 11.5. The number of thiol groups is 1. The summed E-state index contributed by atoms with van der Waals surface area (Å²) in [5.41, 5.74) is 1.04. The molecule has 86 valence electrons. The normalized spacial score (nSPS) is 20.5. The highest BCUT2D eigenvalue weighted by molar-refractivity contribution is 7.99. The number of rotatable bonds is 3. The SMILES string of the molecule is CCSc1ccccc1N1CC(S)CC1=O. The summed E-state index contributed by atoms with van der Waals surface area (Å²) in [4.78, 5) is 14.8. The Kier molecular flexibility index (Phi) is 3.82. The fourth-order valence-corrected chi connectivity index (χ4v) is 3.01.